The molecule has 0 amide bonds. The van der Waals surface area contributed by atoms with Gasteiger partial charge in [0.15, 0.2) is 0 Å². The van der Waals surface area contributed by atoms with E-state index in [9.17, 15) is 0 Å². The van der Waals surface area contributed by atoms with Gasteiger partial charge in [-0.25, -0.2) is 0 Å². The predicted octanol–water partition coefficient (Wildman–Crippen LogP) is 1.94. The minimum atomic E-state index is 0.134. The first kappa shape index (κ1) is 13.9. The Bertz CT molecular complexity index is 210. The Labute approximate surface area is 99.6 Å². The molecule has 1 saturated heterocycles. The van der Waals surface area contributed by atoms with Gasteiger partial charge in [-0.2, -0.15) is 0 Å². The molecule has 0 aromatic carbocycles. The van der Waals surface area contributed by atoms with E-state index in [4.69, 9.17) is 9.84 Å². The van der Waals surface area contributed by atoms with Gasteiger partial charge in [0.05, 0.1) is 12.7 Å². The van der Waals surface area contributed by atoms with E-state index in [0.29, 0.717) is 12.7 Å². The molecular formula is C13H27NO2. The third-order valence-electron chi connectivity index (χ3n) is 3.08. The molecule has 3 nitrogen and oxygen atoms in total. The topological polar surface area (TPSA) is 41.5 Å². The highest BCUT2D eigenvalue weighted by Gasteiger charge is 2.38. The molecule has 1 heterocycles. The van der Waals surface area contributed by atoms with Crippen LogP contribution < -0.4 is 5.32 Å². The van der Waals surface area contributed by atoms with Crippen LogP contribution in [-0.4, -0.2) is 35.5 Å². The average molecular weight is 229 g/mol. The molecule has 0 saturated carbocycles. The van der Waals surface area contributed by atoms with Gasteiger partial charge in [0.2, 0.25) is 0 Å². The Morgan fingerprint density at radius 2 is 1.75 bits per heavy atom. The van der Waals surface area contributed by atoms with Crippen molar-refractivity contribution in [2.45, 2.75) is 64.6 Å². The second kappa shape index (κ2) is 5.03. The molecule has 96 valence electrons. The maximum atomic E-state index is 8.98. The predicted molar refractivity (Wildman–Crippen MR) is 66.5 cm³/mol. The fraction of sp³-hybridized carbons (Fsp3) is 1.00. The van der Waals surface area contributed by atoms with E-state index < -0.39 is 0 Å². The third kappa shape index (κ3) is 4.40. The normalized spacial score (nSPS) is 26.6. The summed E-state index contributed by atoms with van der Waals surface area (Å²) < 4.78 is 5.91. The smallest absolute Gasteiger partial charge is 0.0610 e. The largest absolute Gasteiger partial charge is 0.396 e. The van der Waals surface area contributed by atoms with E-state index in [2.05, 4.69) is 33.0 Å². The highest BCUT2D eigenvalue weighted by Crippen LogP contribution is 2.30. The fourth-order valence-electron chi connectivity index (χ4n) is 2.70. The van der Waals surface area contributed by atoms with Gasteiger partial charge in [-0.1, -0.05) is 6.92 Å². The summed E-state index contributed by atoms with van der Waals surface area (Å²) in [6.45, 7) is 11.8. The van der Waals surface area contributed by atoms with Crippen LogP contribution in [0.5, 0.6) is 0 Å². The molecule has 0 aromatic heterocycles. The number of nitrogens with one attached hydrogen (secondary N) is 1. The highest BCUT2D eigenvalue weighted by molar-refractivity contribution is 4.97. The van der Waals surface area contributed by atoms with Crippen molar-refractivity contribution in [3.8, 4) is 0 Å². The van der Waals surface area contributed by atoms with Crippen molar-refractivity contribution in [2.24, 2.45) is 5.92 Å². The second-order valence-electron chi connectivity index (χ2n) is 6.54. The lowest BCUT2D eigenvalue weighted by atomic mass is 9.81. The van der Waals surface area contributed by atoms with Crippen molar-refractivity contribution in [3.05, 3.63) is 0 Å². The van der Waals surface area contributed by atoms with E-state index in [-0.39, 0.29) is 23.6 Å². The van der Waals surface area contributed by atoms with Gasteiger partial charge < -0.3 is 15.2 Å². The molecule has 0 spiro atoms. The minimum absolute atomic E-state index is 0.134. The van der Waals surface area contributed by atoms with Gasteiger partial charge in [0.1, 0.15) is 0 Å². The van der Waals surface area contributed by atoms with Crippen LogP contribution in [0.25, 0.3) is 0 Å². The molecule has 1 aliphatic rings. The first-order chi connectivity index (χ1) is 7.24. The van der Waals surface area contributed by atoms with E-state index in [1.165, 1.54) is 0 Å². The first-order valence-electron chi connectivity index (χ1n) is 6.26. The molecule has 3 heteroatoms. The average Bonchev–Trinajstić information content (AvgIpc) is 2.09. The van der Waals surface area contributed by atoms with Crippen LogP contribution in [0.4, 0.5) is 0 Å². The van der Waals surface area contributed by atoms with Gasteiger partial charge in [-0.15, -0.1) is 0 Å². The van der Waals surface area contributed by atoms with Crippen molar-refractivity contribution < 1.29 is 9.84 Å². The number of hydrogen-bond donors (Lipinski definition) is 2. The molecule has 1 unspecified atom stereocenters. The summed E-state index contributed by atoms with van der Waals surface area (Å²) in [5, 5.41) is 12.6. The molecule has 16 heavy (non-hydrogen) atoms. The van der Waals surface area contributed by atoms with Crippen LogP contribution in [-0.2, 0) is 4.74 Å². The van der Waals surface area contributed by atoms with Crippen LogP contribution in [0, 0.1) is 5.92 Å². The Hall–Kier alpha value is -0.120. The standard InChI is InChI=1S/C13H27NO2/c1-10(8-15)9-16-11-6-12(2,3)14-13(4,5)7-11/h10-11,14-15H,6-9H2,1-5H3. The van der Waals surface area contributed by atoms with Crippen LogP contribution in [0.3, 0.4) is 0 Å². The van der Waals surface area contributed by atoms with Crippen molar-refractivity contribution in [1.82, 2.24) is 5.32 Å². The lowest BCUT2D eigenvalue weighted by molar-refractivity contribution is -0.0385. The van der Waals surface area contributed by atoms with E-state index in [1.54, 1.807) is 0 Å². The molecule has 0 aromatic rings. The third-order valence-corrected chi connectivity index (χ3v) is 3.08. The molecule has 1 rings (SSSR count). The quantitative estimate of drug-likeness (QED) is 0.774. The van der Waals surface area contributed by atoms with Crippen LogP contribution in [0.1, 0.15) is 47.5 Å². The number of rotatable bonds is 4. The summed E-state index contributed by atoms with van der Waals surface area (Å²) in [5.41, 5.74) is 0.268. The fourth-order valence-corrected chi connectivity index (χ4v) is 2.70. The van der Waals surface area contributed by atoms with Crippen molar-refractivity contribution in [2.75, 3.05) is 13.2 Å². The Balaban J connectivity index is 2.48. The zero-order chi connectivity index (χ0) is 12.4. The molecule has 1 fully saturated rings. The first-order valence-corrected chi connectivity index (χ1v) is 6.26. The lowest BCUT2D eigenvalue weighted by Gasteiger charge is -2.46. The maximum absolute atomic E-state index is 8.98. The van der Waals surface area contributed by atoms with E-state index in [0.717, 1.165) is 12.8 Å². The van der Waals surface area contributed by atoms with E-state index in [1.807, 2.05) is 6.92 Å². The zero-order valence-corrected chi connectivity index (χ0v) is 11.3. The number of aliphatic hydroxyl groups is 1. The molecule has 2 N–H and O–H groups in total. The maximum Gasteiger partial charge on any atom is 0.0610 e. The molecule has 1 atom stereocenters. The molecule has 0 radical (unpaired) electrons. The van der Waals surface area contributed by atoms with Crippen molar-refractivity contribution in [1.29, 1.82) is 0 Å². The van der Waals surface area contributed by atoms with Gasteiger partial charge >= 0.3 is 0 Å². The van der Waals surface area contributed by atoms with Gasteiger partial charge in [0, 0.05) is 23.6 Å². The Morgan fingerprint density at radius 1 is 1.25 bits per heavy atom. The number of aliphatic hydroxyl groups excluding tert-OH is 1. The summed E-state index contributed by atoms with van der Waals surface area (Å²) in [6, 6.07) is 0. The Morgan fingerprint density at radius 3 is 2.19 bits per heavy atom. The van der Waals surface area contributed by atoms with Crippen molar-refractivity contribution in [3.63, 3.8) is 0 Å². The molecule has 0 aliphatic carbocycles. The molecule has 1 aliphatic heterocycles. The molecule has 0 bridgehead atoms. The number of piperidine rings is 1. The van der Waals surface area contributed by atoms with Crippen LogP contribution in [0.2, 0.25) is 0 Å². The Kier molecular flexibility index (Phi) is 4.38. The van der Waals surface area contributed by atoms with Crippen molar-refractivity contribution >= 4 is 0 Å². The number of ether oxygens (including phenoxy) is 1. The van der Waals surface area contributed by atoms with Crippen LogP contribution >= 0.6 is 0 Å². The summed E-state index contributed by atoms with van der Waals surface area (Å²) >= 11 is 0. The summed E-state index contributed by atoms with van der Waals surface area (Å²) in [6.07, 6.45) is 2.38. The second-order valence-corrected chi connectivity index (χ2v) is 6.54. The van der Waals surface area contributed by atoms with Crippen LogP contribution in [0.15, 0.2) is 0 Å². The van der Waals surface area contributed by atoms with E-state index >= 15 is 0 Å². The summed E-state index contributed by atoms with van der Waals surface area (Å²) in [7, 11) is 0. The minimum Gasteiger partial charge on any atom is -0.396 e. The monoisotopic (exact) mass is 229 g/mol. The highest BCUT2D eigenvalue weighted by atomic mass is 16.5. The summed E-state index contributed by atoms with van der Waals surface area (Å²) in [5.74, 6) is 0.237. The molecular weight excluding hydrogens is 202 g/mol. The van der Waals surface area contributed by atoms with Gasteiger partial charge in [-0.3, -0.25) is 0 Å². The zero-order valence-electron chi connectivity index (χ0n) is 11.3. The van der Waals surface area contributed by atoms with Gasteiger partial charge in [-0.05, 0) is 40.5 Å². The van der Waals surface area contributed by atoms with Gasteiger partial charge in [0.25, 0.3) is 0 Å². The number of hydrogen-bond acceptors (Lipinski definition) is 3. The SMILES string of the molecule is CC(CO)COC1CC(C)(C)NC(C)(C)C1. The lowest BCUT2D eigenvalue weighted by Crippen LogP contribution is -2.59. The summed E-state index contributed by atoms with van der Waals surface area (Å²) in [4.78, 5) is 0.